The molecule has 0 radical (unpaired) electrons. The van der Waals surface area contributed by atoms with E-state index in [9.17, 15) is 4.79 Å². The molecule has 1 saturated carbocycles. The first-order valence-corrected chi connectivity index (χ1v) is 8.43. The molecule has 116 valence electrons. The topological polar surface area (TPSA) is 32.3 Å². The maximum Gasteiger partial charge on any atom is 0.224 e. The van der Waals surface area contributed by atoms with Gasteiger partial charge in [0.15, 0.2) is 0 Å². The predicted octanol–water partition coefficient (Wildman–Crippen LogP) is 3.34. The molecule has 0 bridgehead atoms. The molecule has 3 heteroatoms. The number of carbonyl (C=O) groups is 1. The summed E-state index contributed by atoms with van der Waals surface area (Å²) in [5.74, 6) is 0.374. The lowest BCUT2D eigenvalue weighted by Gasteiger charge is -2.38. The van der Waals surface area contributed by atoms with E-state index in [-0.39, 0.29) is 5.54 Å². The fraction of sp³-hybridized carbons (Fsp3) is 0.941. The highest BCUT2D eigenvalue weighted by Crippen LogP contribution is 2.33. The van der Waals surface area contributed by atoms with Crippen LogP contribution >= 0.6 is 0 Å². The second kappa shape index (κ2) is 6.46. The van der Waals surface area contributed by atoms with Crippen molar-refractivity contribution in [3.05, 3.63) is 0 Å². The van der Waals surface area contributed by atoms with Crippen molar-refractivity contribution in [3.63, 3.8) is 0 Å². The number of nitrogens with zero attached hydrogens (tertiary/aromatic N) is 1. The highest BCUT2D eigenvalue weighted by Gasteiger charge is 2.35. The Morgan fingerprint density at radius 1 is 1.00 bits per heavy atom. The Labute approximate surface area is 124 Å². The molecule has 0 aromatic rings. The lowest BCUT2D eigenvalue weighted by atomic mass is 9.79. The van der Waals surface area contributed by atoms with Crippen LogP contribution in [0, 0.1) is 5.41 Å². The summed E-state index contributed by atoms with van der Waals surface area (Å²) in [6.07, 6.45) is 10.4. The summed E-state index contributed by atoms with van der Waals surface area (Å²) in [6, 6.07) is 0. The predicted molar refractivity (Wildman–Crippen MR) is 83.7 cm³/mol. The van der Waals surface area contributed by atoms with E-state index < -0.39 is 0 Å². The molecule has 3 nitrogen and oxygen atoms in total. The Hall–Kier alpha value is -0.570. The van der Waals surface area contributed by atoms with Crippen molar-refractivity contribution in [1.82, 2.24) is 10.2 Å². The van der Waals surface area contributed by atoms with Crippen LogP contribution in [0.25, 0.3) is 0 Å². The Morgan fingerprint density at radius 2 is 1.70 bits per heavy atom. The Kier molecular flexibility index (Phi) is 5.11. The number of carbonyl (C=O) groups excluding carboxylic acids is 1. The summed E-state index contributed by atoms with van der Waals surface area (Å²) in [7, 11) is 2.03. The van der Waals surface area contributed by atoms with Gasteiger partial charge in [0.25, 0.3) is 0 Å². The van der Waals surface area contributed by atoms with Crippen LogP contribution in [-0.2, 0) is 4.79 Å². The van der Waals surface area contributed by atoms with Crippen molar-refractivity contribution < 1.29 is 4.79 Å². The van der Waals surface area contributed by atoms with Crippen molar-refractivity contribution in [2.75, 3.05) is 20.1 Å². The summed E-state index contributed by atoms with van der Waals surface area (Å²) in [6.45, 7) is 6.57. The molecule has 1 N–H and O–H groups in total. The third kappa shape index (κ3) is 3.97. The minimum Gasteiger partial charge on any atom is -0.343 e. The molecule has 0 atom stereocenters. The van der Waals surface area contributed by atoms with Gasteiger partial charge >= 0.3 is 0 Å². The van der Waals surface area contributed by atoms with Gasteiger partial charge in [-0.15, -0.1) is 0 Å². The number of amides is 1. The molecule has 1 saturated heterocycles. The smallest absolute Gasteiger partial charge is 0.224 e. The lowest BCUT2D eigenvalue weighted by molar-refractivity contribution is -0.133. The zero-order valence-electron chi connectivity index (χ0n) is 13.6. The van der Waals surface area contributed by atoms with Crippen molar-refractivity contribution in [3.8, 4) is 0 Å². The largest absolute Gasteiger partial charge is 0.343 e. The van der Waals surface area contributed by atoms with Crippen molar-refractivity contribution in [2.45, 2.75) is 77.2 Å². The normalized spacial score (nSPS) is 26.1. The standard InChI is InChI=1S/C17H32N2O/c1-16(2)8-7-12-19(13-11-16)15(20)14-17(18-3)9-5-4-6-10-17/h18H,4-14H2,1-3H3. The lowest BCUT2D eigenvalue weighted by Crippen LogP contribution is -2.49. The molecule has 1 heterocycles. The van der Waals surface area contributed by atoms with E-state index in [0.717, 1.165) is 38.8 Å². The van der Waals surface area contributed by atoms with Crippen LogP contribution in [0.2, 0.25) is 0 Å². The van der Waals surface area contributed by atoms with Gasteiger partial charge < -0.3 is 10.2 Å². The number of nitrogens with one attached hydrogen (secondary N) is 1. The van der Waals surface area contributed by atoms with Gasteiger partial charge in [-0.3, -0.25) is 4.79 Å². The van der Waals surface area contributed by atoms with Crippen molar-refractivity contribution >= 4 is 5.91 Å². The molecule has 0 unspecified atom stereocenters. The maximum atomic E-state index is 12.7. The van der Waals surface area contributed by atoms with E-state index in [2.05, 4.69) is 24.1 Å². The van der Waals surface area contributed by atoms with Gasteiger partial charge in [0, 0.05) is 25.0 Å². The van der Waals surface area contributed by atoms with Gasteiger partial charge in [0.2, 0.25) is 5.91 Å². The number of hydrogen-bond acceptors (Lipinski definition) is 2. The third-order valence-electron chi connectivity index (χ3n) is 5.52. The second-order valence-corrected chi connectivity index (χ2v) is 7.67. The van der Waals surface area contributed by atoms with E-state index in [4.69, 9.17) is 0 Å². The molecule has 0 aromatic heterocycles. The van der Waals surface area contributed by atoms with Gasteiger partial charge in [0.05, 0.1) is 0 Å². The Bertz CT molecular complexity index is 332. The van der Waals surface area contributed by atoms with Gasteiger partial charge in [-0.05, 0) is 44.6 Å². The zero-order valence-corrected chi connectivity index (χ0v) is 13.6. The molecule has 0 aromatic carbocycles. The molecule has 2 rings (SSSR count). The molecule has 1 aliphatic carbocycles. The SMILES string of the molecule is CNC1(CC(=O)N2CCCC(C)(C)CC2)CCCCC1. The summed E-state index contributed by atoms with van der Waals surface area (Å²) in [5, 5.41) is 3.47. The van der Waals surface area contributed by atoms with Crippen molar-refractivity contribution in [2.24, 2.45) is 5.41 Å². The minimum atomic E-state index is 0.0805. The quantitative estimate of drug-likeness (QED) is 0.860. The van der Waals surface area contributed by atoms with Crippen LogP contribution in [0.15, 0.2) is 0 Å². The monoisotopic (exact) mass is 280 g/mol. The maximum absolute atomic E-state index is 12.7. The average Bonchev–Trinajstić information content (AvgIpc) is 2.61. The first-order valence-electron chi connectivity index (χ1n) is 8.43. The molecule has 1 amide bonds. The summed E-state index contributed by atoms with van der Waals surface area (Å²) >= 11 is 0. The van der Waals surface area contributed by atoms with Gasteiger partial charge in [0.1, 0.15) is 0 Å². The number of likely N-dealkylation sites (tertiary alicyclic amines) is 1. The highest BCUT2D eigenvalue weighted by molar-refractivity contribution is 5.77. The summed E-state index contributed by atoms with van der Waals surface area (Å²) < 4.78 is 0. The summed E-state index contributed by atoms with van der Waals surface area (Å²) in [4.78, 5) is 14.8. The molecule has 1 aliphatic heterocycles. The van der Waals surface area contributed by atoms with Gasteiger partial charge in [-0.25, -0.2) is 0 Å². The molecule has 2 aliphatic rings. The number of rotatable bonds is 3. The fourth-order valence-corrected chi connectivity index (χ4v) is 3.82. The summed E-state index contributed by atoms with van der Waals surface area (Å²) in [5.41, 5.74) is 0.484. The Balaban J connectivity index is 1.93. The molecular formula is C17H32N2O. The van der Waals surface area contributed by atoms with E-state index in [1.807, 2.05) is 7.05 Å². The van der Waals surface area contributed by atoms with Crippen LogP contribution in [0.3, 0.4) is 0 Å². The van der Waals surface area contributed by atoms with E-state index in [1.165, 1.54) is 25.7 Å². The first kappa shape index (κ1) is 15.8. The van der Waals surface area contributed by atoms with Crippen LogP contribution < -0.4 is 5.32 Å². The highest BCUT2D eigenvalue weighted by atomic mass is 16.2. The van der Waals surface area contributed by atoms with Gasteiger partial charge in [-0.1, -0.05) is 33.1 Å². The average molecular weight is 280 g/mol. The minimum absolute atomic E-state index is 0.0805. The second-order valence-electron chi connectivity index (χ2n) is 7.67. The van der Waals surface area contributed by atoms with E-state index >= 15 is 0 Å². The van der Waals surface area contributed by atoms with Gasteiger partial charge in [-0.2, -0.15) is 0 Å². The zero-order chi connectivity index (χ0) is 14.6. The van der Waals surface area contributed by atoms with E-state index in [0.29, 0.717) is 17.7 Å². The van der Waals surface area contributed by atoms with E-state index in [1.54, 1.807) is 0 Å². The van der Waals surface area contributed by atoms with Crippen LogP contribution in [0.4, 0.5) is 0 Å². The third-order valence-corrected chi connectivity index (χ3v) is 5.52. The number of hydrogen-bond donors (Lipinski definition) is 1. The van der Waals surface area contributed by atoms with Crippen molar-refractivity contribution in [1.29, 1.82) is 0 Å². The first-order chi connectivity index (χ1) is 9.46. The fourth-order valence-electron chi connectivity index (χ4n) is 3.82. The molecular weight excluding hydrogens is 248 g/mol. The van der Waals surface area contributed by atoms with Crippen LogP contribution in [0.5, 0.6) is 0 Å². The Morgan fingerprint density at radius 3 is 2.35 bits per heavy atom. The molecule has 0 spiro atoms. The molecule has 20 heavy (non-hydrogen) atoms. The van der Waals surface area contributed by atoms with Crippen LogP contribution in [0.1, 0.15) is 71.6 Å². The molecule has 2 fully saturated rings. The van der Waals surface area contributed by atoms with Crippen LogP contribution in [-0.4, -0.2) is 36.5 Å².